The second-order valence-corrected chi connectivity index (χ2v) is 3.28. The normalized spacial score (nSPS) is 11.4. The van der Waals surface area contributed by atoms with Crippen LogP contribution in [0, 0.1) is 0 Å². The third kappa shape index (κ3) is 2.00. The molecule has 80 valence electrons. The van der Waals surface area contributed by atoms with Crippen molar-refractivity contribution in [2.45, 2.75) is 0 Å². The van der Waals surface area contributed by atoms with E-state index in [1.807, 2.05) is 30.3 Å². The van der Waals surface area contributed by atoms with Crippen LogP contribution in [-0.4, -0.2) is 16.0 Å². The van der Waals surface area contributed by atoms with Crippen molar-refractivity contribution in [3.05, 3.63) is 54.2 Å². The quantitative estimate of drug-likeness (QED) is 0.346. The van der Waals surface area contributed by atoms with E-state index in [9.17, 15) is 0 Å². The number of hydrogen-bond donors (Lipinski definition) is 2. The molecule has 4 heteroatoms. The summed E-state index contributed by atoms with van der Waals surface area (Å²) >= 11 is 0. The zero-order chi connectivity index (χ0) is 11.4. The second-order valence-electron chi connectivity index (χ2n) is 3.28. The Morgan fingerprint density at radius 2 is 1.88 bits per heavy atom. The zero-order valence-corrected chi connectivity index (χ0v) is 8.54. The van der Waals surface area contributed by atoms with Crippen molar-refractivity contribution < 1.29 is 5.21 Å². The number of amidine groups is 1. The fourth-order valence-electron chi connectivity index (χ4n) is 1.40. The Hall–Kier alpha value is -2.36. The molecule has 0 aliphatic heterocycles. The number of nitrogens with two attached hydrogens (primary N) is 1. The Labute approximate surface area is 93.1 Å². The van der Waals surface area contributed by atoms with Gasteiger partial charge in [-0.15, -0.1) is 0 Å². The summed E-state index contributed by atoms with van der Waals surface area (Å²) in [6.45, 7) is 0. The van der Waals surface area contributed by atoms with Gasteiger partial charge in [0.2, 0.25) is 0 Å². The Morgan fingerprint density at radius 1 is 1.12 bits per heavy atom. The molecule has 4 nitrogen and oxygen atoms in total. The minimum atomic E-state index is 0.104. The van der Waals surface area contributed by atoms with Gasteiger partial charge in [0, 0.05) is 17.3 Å². The number of oxime groups is 1. The lowest BCUT2D eigenvalue weighted by atomic mass is 10.1. The fraction of sp³-hybridized carbons (Fsp3) is 0. The molecule has 0 atom stereocenters. The maximum Gasteiger partial charge on any atom is 0.170 e. The van der Waals surface area contributed by atoms with Crippen LogP contribution in [0.2, 0.25) is 0 Å². The minimum Gasteiger partial charge on any atom is -0.409 e. The number of hydrogen-bond acceptors (Lipinski definition) is 3. The van der Waals surface area contributed by atoms with Gasteiger partial charge in [0.1, 0.15) is 0 Å². The van der Waals surface area contributed by atoms with Crippen LogP contribution in [0.3, 0.4) is 0 Å². The predicted octanol–water partition coefficient (Wildman–Crippen LogP) is 1.84. The van der Waals surface area contributed by atoms with E-state index in [0.717, 1.165) is 11.3 Å². The molecule has 2 aromatic rings. The summed E-state index contributed by atoms with van der Waals surface area (Å²) in [6.07, 6.45) is 1.74. The van der Waals surface area contributed by atoms with Crippen molar-refractivity contribution in [1.29, 1.82) is 0 Å². The summed E-state index contributed by atoms with van der Waals surface area (Å²) in [5.41, 5.74) is 8.04. The first-order valence-electron chi connectivity index (χ1n) is 4.80. The first kappa shape index (κ1) is 10.2. The monoisotopic (exact) mass is 213 g/mol. The molecular weight excluding hydrogens is 202 g/mol. The molecule has 1 aromatic heterocycles. The highest BCUT2D eigenvalue weighted by molar-refractivity contribution is 5.97. The molecule has 0 aliphatic carbocycles. The lowest BCUT2D eigenvalue weighted by Gasteiger charge is -2.02. The van der Waals surface area contributed by atoms with Gasteiger partial charge in [-0.3, -0.25) is 4.98 Å². The SMILES string of the molecule is N/C(=N\O)c1ccc(-c2ccccn2)cc1. The van der Waals surface area contributed by atoms with Crippen molar-refractivity contribution in [3.63, 3.8) is 0 Å². The molecule has 0 saturated carbocycles. The highest BCUT2D eigenvalue weighted by atomic mass is 16.4. The van der Waals surface area contributed by atoms with Crippen LogP contribution in [-0.2, 0) is 0 Å². The van der Waals surface area contributed by atoms with Crippen LogP contribution in [0.15, 0.2) is 53.8 Å². The second kappa shape index (κ2) is 4.44. The Bertz CT molecular complexity index is 491. The minimum absolute atomic E-state index is 0.104. The van der Waals surface area contributed by atoms with E-state index in [-0.39, 0.29) is 5.84 Å². The molecule has 0 radical (unpaired) electrons. The van der Waals surface area contributed by atoms with Crippen LogP contribution >= 0.6 is 0 Å². The number of nitrogens with zero attached hydrogens (tertiary/aromatic N) is 2. The average molecular weight is 213 g/mol. The molecule has 0 spiro atoms. The molecule has 0 bridgehead atoms. The maximum atomic E-state index is 8.53. The standard InChI is InChI=1S/C12H11N3O/c13-12(15-16)10-6-4-9(5-7-10)11-3-1-2-8-14-11/h1-8,16H,(H2,13,15). The van der Waals surface area contributed by atoms with Gasteiger partial charge in [0.15, 0.2) is 5.84 Å². The summed E-state index contributed by atoms with van der Waals surface area (Å²) in [5, 5.41) is 11.5. The summed E-state index contributed by atoms with van der Waals surface area (Å²) < 4.78 is 0. The molecular formula is C12H11N3O. The van der Waals surface area contributed by atoms with Gasteiger partial charge in [0.25, 0.3) is 0 Å². The average Bonchev–Trinajstić information content (AvgIpc) is 2.39. The van der Waals surface area contributed by atoms with Crippen LogP contribution in [0.5, 0.6) is 0 Å². The van der Waals surface area contributed by atoms with E-state index in [1.54, 1.807) is 18.3 Å². The van der Waals surface area contributed by atoms with E-state index in [0.29, 0.717) is 5.56 Å². The summed E-state index contributed by atoms with van der Waals surface area (Å²) in [4.78, 5) is 4.23. The predicted molar refractivity (Wildman–Crippen MR) is 62.2 cm³/mol. The molecule has 1 heterocycles. The Kier molecular flexibility index (Phi) is 2.82. The van der Waals surface area contributed by atoms with Gasteiger partial charge < -0.3 is 10.9 Å². The van der Waals surface area contributed by atoms with Gasteiger partial charge in [-0.05, 0) is 12.1 Å². The lowest BCUT2D eigenvalue weighted by Crippen LogP contribution is -2.12. The third-order valence-corrected chi connectivity index (χ3v) is 2.25. The van der Waals surface area contributed by atoms with Gasteiger partial charge in [0.05, 0.1) is 5.69 Å². The molecule has 0 amide bonds. The molecule has 0 aliphatic rings. The third-order valence-electron chi connectivity index (χ3n) is 2.25. The van der Waals surface area contributed by atoms with Gasteiger partial charge >= 0.3 is 0 Å². The van der Waals surface area contributed by atoms with Crippen LogP contribution in [0.4, 0.5) is 0 Å². The zero-order valence-electron chi connectivity index (χ0n) is 8.54. The highest BCUT2D eigenvalue weighted by Gasteiger charge is 2.01. The summed E-state index contributed by atoms with van der Waals surface area (Å²) in [7, 11) is 0. The van der Waals surface area contributed by atoms with Gasteiger partial charge in [-0.2, -0.15) is 0 Å². The molecule has 16 heavy (non-hydrogen) atoms. The smallest absolute Gasteiger partial charge is 0.170 e. The van der Waals surface area contributed by atoms with Crippen molar-refractivity contribution >= 4 is 5.84 Å². The van der Waals surface area contributed by atoms with Crippen molar-refractivity contribution in [1.82, 2.24) is 4.98 Å². The fourth-order valence-corrected chi connectivity index (χ4v) is 1.40. The lowest BCUT2D eigenvalue weighted by molar-refractivity contribution is 0.318. The van der Waals surface area contributed by atoms with Crippen molar-refractivity contribution in [2.75, 3.05) is 0 Å². The van der Waals surface area contributed by atoms with Crippen LogP contribution in [0.1, 0.15) is 5.56 Å². The molecule has 0 saturated heterocycles. The van der Waals surface area contributed by atoms with Crippen LogP contribution in [0.25, 0.3) is 11.3 Å². The van der Waals surface area contributed by atoms with E-state index in [1.165, 1.54) is 0 Å². The van der Waals surface area contributed by atoms with E-state index >= 15 is 0 Å². The maximum absolute atomic E-state index is 8.53. The van der Waals surface area contributed by atoms with Gasteiger partial charge in [-0.25, -0.2) is 0 Å². The Balaban J connectivity index is 2.34. The van der Waals surface area contributed by atoms with Crippen LogP contribution < -0.4 is 5.73 Å². The van der Waals surface area contributed by atoms with Crippen molar-refractivity contribution in [3.8, 4) is 11.3 Å². The molecule has 0 fully saturated rings. The molecule has 1 aromatic carbocycles. The summed E-state index contributed by atoms with van der Waals surface area (Å²) in [6, 6.07) is 13.1. The molecule has 2 rings (SSSR count). The summed E-state index contributed by atoms with van der Waals surface area (Å²) in [5.74, 6) is 0.104. The highest BCUT2D eigenvalue weighted by Crippen LogP contribution is 2.16. The van der Waals surface area contributed by atoms with E-state index in [2.05, 4.69) is 10.1 Å². The largest absolute Gasteiger partial charge is 0.409 e. The van der Waals surface area contributed by atoms with E-state index in [4.69, 9.17) is 10.9 Å². The number of rotatable bonds is 2. The first-order chi connectivity index (χ1) is 7.81. The molecule has 0 unspecified atom stereocenters. The number of aromatic nitrogens is 1. The molecule has 3 N–H and O–H groups in total. The van der Waals surface area contributed by atoms with Gasteiger partial charge in [-0.1, -0.05) is 35.5 Å². The Morgan fingerprint density at radius 3 is 2.44 bits per heavy atom. The van der Waals surface area contributed by atoms with E-state index < -0.39 is 0 Å². The number of benzene rings is 1. The van der Waals surface area contributed by atoms with Crippen molar-refractivity contribution in [2.24, 2.45) is 10.9 Å². The topological polar surface area (TPSA) is 71.5 Å². The number of pyridine rings is 1. The first-order valence-corrected chi connectivity index (χ1v) is 4.80.